The standard InChI is InChI=1S/C15H22N2O5S/c1-4-8-23(21,22)17-12-7-5-6-11(9-12)14(18)16-13(10(2)3)15(19)20/h5-7,9-10,13,17H,4,8H2,1-3H3,(H,16,18)(H,19,20)/t13-/m0/s1. The molecule has 0 aliphatic rings. The molecule has 0 saturated heterocycles. The van der Waals surface area contributed by atoms with E-state index in [1.807, 2.05) is 0 Å². The molecule has 1 atom stereocenters. The Labute approximate surface area is 136 Å². The zero-order valence-corrected chi connectivity index (χ0v) is 14.2. The number of amides is 1. The maximum Gasteiger partial charge on any atom is 0.326 e. The molecule has 0 aliphatic carbocycles. The van der Waals surface area contributed by atoms with Crippen LogP contribution in [-0.2, 0) is 14.8 Å². The number of sulfonamides is 1. The van der Waals surface area contributed by atoms with E-state index in [1.165, 1.54) is 24.3 Å². The van der Waals surface area contributed by atoms with Gasteiger partial charge in [0.15, 0.2) is 0 Å². The Morgan fingerprint density at radius 1 is 1.26 bits per heavy atom. The van der Waals surface area contributed by atoms with E-state index in [0.717, 1.165) is 0 Å². The van der Waals surface area contributed by atoms with E-state index in [0.29, 0.717) is 6.42 Å². The first-order valence-electron chi connectivity index (χ1n) is 7.30. The third kappa shape index (κ3) is 5.90. The number of carboxylic acids is 1. The smallest absolute Gasteiger partial charge is 0.326 e. The molecule has 0 heterocycles. The van der Waals surface area contributed by atoms with Crippen LogP contribution in [0.1, 0.15) is 37.6 Å². The van der Waals surface area contributed by atoms with E-state index in [9.17, 15) is 18.0 Å². The fraction of sp³-hybridized carbons (Fsp3) is 0.467. The largest absolute Gasteiger partial charge is 0.480 e. The van der Waals surface area contributed by atoms with Crippen molar-refractivity contribution in [1.82, 2.24) is 5.32 Å². The molecule has 0 unspecified atom stereocenters. The molecule has 23 heavy (non-hydrogen) atoms. The lowest BCUT2D eigenvalue weighted by atomic mass is 10.0. The van der Waals surface area contributed by atoms with E-state index >= 15 is 0 Å². The summed E-state index contributed by atoms with van der Waals surface area (Å²) in [5.74, 6) is -1.98. The molecule has 0 spiro atoms. The van der Waals surface area contributed by atoms with Crippen LogP contribution >= 0.6 is 0 Å². The molecule has 1 aromatic rings. The van der Waals surface area contributed by atoms with Crippen LogP contribution in [0.15, 0.2) is 24.3 Å². The maximum atomic E-state index is 12.2. The molecule has 1 rings (SSSR count). The van der Waals surface area contributed by atoms with E-state index in [2.05, 4.69) is 10.0 Å². The van der Waals surface area contributed by atoms with Crippen molar-refractivity contribution in [2.75, 3.05) is 10.5 Å². The van der Waals surface area contributed by atoms with Crippen molar-refractivity contribution >= 4 is 27.6 Å². The van der Waals surface area contributed by atoms with Crippen LogP contribution in [0.4, 0.5) is 5.69 Å². The molecule has 0 aromatic heterocycles. The Kier molecular flexibility index (Phi) is 6.56. The monoisotopic (exact) mass is 342 g/mol. The average Bonchev–Trinajstić information content (AvgIpc) is 2.43. The molecule has 3 N–H and O–H groups in total. The Balaban J connectivity index is 2.91. The van der Waals surface area contributed by atoms with Gasteiger partial charge in [0.1, 0.15) is 6.04 Å². The minimum atomic E-state index is -3.45. The van der Waals surface area contributed by atoms with Crippen LogP contribution in [0.5, 0.6) is 0 Å². The molecular weight excluding hydrogens is 320 g/mol. The third-order valence-electron chi connectivity index (χ3n) is 3.09. The van der Waals surface area contributed by atoms with Gasteiger partial charge in [0, 0.05) is 11.3 Å². The molecule has 0 radical (unpaired) electrons. The van der Waals surface area contributed by atoms with Crippen LogP contribution < -0.4 is 10.0 Å². The molecule has 0 bridgehead atoms. The van der Waals surface area contributed by atoms with Gasteiger partial charge in [-0.05, 0) is 30.5 Å². The SMILES string of the molecule is CCCS(=O)(=O)Nc1cccc(C(=O)N[C@H](C(=O)O)C(C)C)c1. The molecule has 0 aliphatic heterocycles. The number of nitrogens with one attached hydrogen (secondary N) is 2. The quantitative estimate of drug-likeness (QED) is 0.665. The van der Waals surface area contributed by atoms with Crippen molar-refractivity contribution in [2.45, 2.75) is 33.2 Å². The topological polar surface area (TPSA) is 113 Å². The number of hydrogen-bond acceptors (Lipinski definition) is 4. The highest BCUT2D eigenvalue weighted by atomic mass is 32.2. The van der Waals surface area contributed by atoms with Crippen LogP contribution in [0.25, 0.3) is 0 Å². The summed E-state index contributed by atoms with van der Waals surface area (Å²) < 4.78 is 25.9. The zero-order valence-electron chi connectivity index (χ0n) is 13.4. The van der Waals surface area contributed by atoms with Crippen LogP contribution in [0.2, 0.25) is 0 Å². The Morgan fingerprint density at radius 3 is 2.43 bits per heavy atom. The normalized spacial score (nSPS) is 12.7. The lowest BCUT2D eigenvalue weighted by molar-refractivity contribution is -0.140. The van der Waals surface area contributed by atoms with E-state index < -0.39 is 27.9 Å². The first-order valence-corrected chi connectivity index (χ1v) is 8.95. The number of aliphatic carboxylic acids is 1. The summed E-state index contributed by atoms with van der Waals surface area (Å²) in [5, 5.41) is 11.5. The number of rotatable bonds is 8. The Bertz CT molecular complexity index is 670. The van der Waals surface area contributed by atoms with E-state index in [4.69, 9.17) is 5.11 Å². The Morgan fingerprint density at radius 2 is 1.91 bits per heavy atom. The van der Waals surface area contributed by atoms with Gasteiger partial charge in [-0.15, -0.1) is 0 Å². The molecule has 0 fully saturated rings. The van der Waals surface area contributed by atoms with Crippen molar-refractivity contribution in [3.05, 3.63) is 29.8 Å². The summed E-state index contributed by atoms with van der Waals surface area (Å²) in [6, 6.07) is 4.92. The van der Waals surface area contributed by atoms with Gasteiger partial charge in [-0.25, -0.2) is 13.2 Å². The molecule has 1 amide bonds. The molecule has 128 valence electrons. The second-order valence-electron chi connectivity index (χ2n) is 5.54. The van der Waals surface area contributed by atoms with Gasteiger partial charge in [-0.3, -0.25) is 9.52 Å². The number of hydrogen-bond donors (Lipinski definition) is 3. The molecule has 8 heteroatoms. The number of carboxylic acid groups (broad SMARTS) is 1. The average molecular weight is 342 g/mol. The Hall–Kier alpha value is -2.09. The van der Waals surface area contributed by atoms with Crippen LogP contribution in [0.3, 0.4) is 0 Å². The van der Waals surface area contributed by atoms with Crippen molar-refractivity contribution in [2.24, 2.45) is 5.92 Å². The number of anilines is 1. The number of benzene rings is 1. The lowest BCUT2D eigenvalue weighted by Gasteiger charge is -2.18. The van der Waals surface area contributed by atoms with Gasteiger partial charge in [-0.2, -0.15) is 0 Å². The van der Waals surface area contributed by atoms with Gasteiger partial charge in [0.2, 0.25) is 10.0 Å². The second kappa shape index (κ2) is 7.96. The summed E-state index contributed by atoms with van der Waals surface area (Å²) in [5.41, 5.74) is 0.455. The minimum Gasteiger partial charge on any atom is -0.480 e. The van der Waals surface area contributed by atoms with Crippen molar-refractivity contribution in [3.63, 3.8) is 0 Å². The summed E-state index contributed by atoms with van der Waals surface area (Å²) in [7, 11) is -3.45. The van der Waals surface area contributed by atoms with Crippen LogP contribution in [-0.4, -0.2) is 37.2 Å². The zero-order chi connectivity index (χ0) is 17.6. The summed E-state index contributed by atoms with van der Waals surface area (Å²) in [6.07, 6.45) is 0.476. The summed E-state index contributed by atoms with van der Waals surface area (Å²) >= 11 is 0. The molecule has 1 aromatic carbocycles. The van der Waals surface area contributed by atoms with Gasteiger partial charge in [0.05, 0.1) is 5.75 Å². The highest BCUT2D eigenvalue weighted by Crippen LogP contribution is 2.14. The van der Waals surface area contributed by atoms with Gasteiger partial charge < -0.3 is 10.4 Å². The number of carbonyl (C=O) groups is 2. The minimum absolute atomic E-state index is 0.0160. The fourth-order valence-corrected chi connectivity index (χ4v) is 3.09. The van der Waals surface area contributed by atoms with Crippen molar-refractivity contribution in [3.8, 4) is 0 Å². The van der Waals surface area contributed by atoms with Crippen molar-refractivity contribution < 1.29 is 23.1 Å². The van der Waals surface area contributed by atoms with Gasteiger partial charge in [0.25, 0.3) is 5.91 Å². The highest BCUT2D eigenvalue weighted by molar-refractivity contribution is 7.92. The molecule has 0 saturated carbocycles. The van der Waals surface area contributed by atoms with E-state index in [-0.39, 0.29) is 22.9 Å². The summed E-state index contributed by atoms with van der Waals surface area (Å²) in [4.78, 5) is 23.3. The highest BCUT2D eigenvalue weighted by Gasteiger charge is 2.24. The van der Waals surface area contributed by atoms with Crippen molar-refractivity contribution in [1.29, 1.82) is 0 Å². The fourth-order valence-electron chi connectivity index (χ4n) is 1.96. The van der Waals surface area contributed by atoms with Gasteiger partial charge in [-0.1, -0.05) is 26.8 Å². The predicted octanol–water partition coefficient (Wildman–Crippen LogP) is 1.68. The van der Waals surface area contributed by atoms with Gasteiger partial charge >= 0.3 is 5.97 Å². The predicted molar refractivity (Wildman–Crippen MR) is 87.9 cm³/mol. The molecule has 7 nitrogen and oxygen atoms in total. The summed E-state index contributed by atoms with van der Waals surface area (Å²) in [6.45, 7) is 5.13. The number of carbonyl (C=O) groups excluding carboxylic acids is 1. The third-order valence-corrected chi connectivity index (χ3v) is 4.58. The first-order chi connectivity index (χ1) is 10.7. The first kappa shape index (κ1) is 19.0. The van der Waals surface area contributed by atoms with E-state index in [1.54, 1.807) is 20.8 Å². The molecular formula is C15H22N2O5S. The van der Waals surface area contributed by atoms with Crippen LogP contribution in [0, 0.1) is 5.92 Å². The second-order valence-corrected chi connectivity index (χ2v) is 7.38. The lowest BCUT2D eigenvalue weighted by Crippen LogP contribution is -2.44. The maximum absolute atomic E-state index is 12.2.